The molecular formula is C14H19FINO3. The summed E-state index contributed by atoms with van der Waals surface area (Å²) < 4.78 is 19.1. The number of alkyl halides is 1. The fourth-order valence-electron chi connectivity index (χ4n) is 1.55. The molecule has 0 radical (unpaired) electrons. The van der Waals surface area contributed by atoms with Crippen molar-refractivity contribution in [1.82, 2.24) is 5.32 Å². The van der Waals surface area contributed by atoms with Crippen LogP contribution in [0.25, 0.3) is 0 Å². The monoisotopic (exact) mass is 395 g/mol. The number of alkyl carbamates (subject to hydrolysis) is 1. The Kier molecular flexibility index (Phi) is 6.19. The fraction of sp³-hybridized carbons (Fsp3) is 0.500. The molecule has 1 rings (SSSR count). The number of halogens is 2. The summed E-state index contributed by atoms with van der Waals surface area (Å²) >= 11 is 2.14. The lowest BCUT2D eigenvalue weighted by molar-refractivity contribution is 0.0396. The highest BCUT2D eigenvalue weighted by molar-refractivity contribution is 14.1. The van der Waals surface area contributed by atoms with Crippen LogP contribution in [0.3, 0.4) is 0 Å². The molecule has 1 amide bonds. The third-order valence-electron chi connectivity index (χ3n) is 2.46. The lowest BCUT2D eigenvalue weighted by atomic mass is 10.0. The summed E-state index contributed by atoms with van der Waals surface area (Å²) in [5.74, 6) is 0. The molecule has 0 unspecified atom stereocenters. The number of amides is 1. The van der Waals surface area contributed by atoms with Gasteiger partial charge in [-0.15, -0.1) is 0 Å². The number of nitrogens with one attached hydrogen (secondary N) is 1. The van der Waals surface area contributed by atoms with Crippen LogP contribution >= 0.6 is 22.6 Å². The Balaban J connectivity index is 2.70. The van der Waals surface area contributed by atoms with Gasteiger partial charge in [-0.05, 0) is 61.1 Å². The molecular weight excluding hydrogens is 376 g/mol. The van der Waals surface area contributed by atoms with E-state index in [9.17, 15) is 14.3 Å². The number of carbonyl (C=O) groups is 1. The van der Waals surface area contributed by atoms with Crippen molar-refractivity contribution in [2.45, 2.75) is 38.5 Å². The molecule has 0 heterocycles. The van der Waals surface area contributed by atoms with Gasteiger partial charge >= 0.3 is 6.09 Å². The third kappa shape index (κ3) is 5.62. The summed E-state index contributed by atoms with van der Waals surface area (Å²) in [5, 5.41) is 12.5. The predicted molar refractivity (Wildman–Crippen MR) is 83.3 cm³/mol. The minimum atomic E-state index is -1.12. The maximum absolute atomic E-state index is 13.0. The number of hydrogen-bond donors (Lipinski definition) is 2. The molecule has 0 aliphatic heterocycles. The Morgan fingerprint density at radius 2 is 1.95 bits per heavy atom. The molecule has 6 heteroatoms. The van der Waals surface area contributed by atoms with Crippen LogP contribution in [0.4, 0.5) is 9.18 Å². The zero-order chi connectivity index (χ0) is 15.3. The van der Waals surface area contributed by atoms with Crippen molar-refractivity contribution >= 4 is 28.7 Å². The zero-order valence-electron chi connectivity index (χ0n) is 11.7. The van der Waals surface area contributed by atoms with E-state index in [1.807, 2.05) is 12.1 Å². The molecule has 0 spiro atoms. The number of rotatable bonds is 4. The Morgan fingerprint density at radius 1 is 1.40 bits per heavy atom. The lowest BCUT2D eigenvalue weighted by Crippen LogP contribution is -2.43. The molecule has 1 aromatic carbocycles. The molecule has 2 atom stereocenters. The number of carbonyl (C=O) groups excluding carboxylic acids is 1. The van der Waals surface area contributed by atoms with Crippen LogP contribution < -0.4 is 5.32 Å². The second kappa shape index (κ2) is 7.21. The van der Waals surface area contributed by atoms with Crippen LogP contribution in [-0.4, -0.2) is 29.5 Å². The highest BCUT2D eigenvalue weighted by Gasteiger charge is 2.25. The molecule has 4 nitrogen and oxygen atoms in total. The van der Waals surface area contributed by atoms with Gasteiger partial charge in [0.25, 0.3) is 0 Å². The van der Waals surface area contributed by atoms with Crippen molar-refractivity contribution in [3.63, 3.8) is 0 Å². The van der Waals surface area contributed by atoms with Gasteiger partial charge in [0.05, 0.1) is 6.04 Å². The molecule has 1 aromatic rings. The summed E-state index contributed by atoms with van der Waals surface area (Å²) in [7, 11) is 0. The maximum atomic E-state index is 13.0. The van der Waals surface area contributed by atoms with E-state index in [0.29, 0.717) is 5.56 Å². The quantitative estimate of drug-likeness (QED) is 0.771. The smallest absolute Gasteiger partial charge is 0.408 e. The van der Waals surface area contributed by atoms with E-state index in [1.165, 1.54) is 0 Å². The van der Waals surface area contributed by atoms with E-state index in [0.717, 1.165) is 3.57 Å². The molecule has 112 valence electrons. The molecule has 0 bridgehead atoms. The number of benzene rings is 1. The van der Waals surface area contributed by atoms with Crippen LogP contribution in [0, 0.1) is 3.57 Å². The largest absolute Gasteiger partial charge is 0.444 e. The molecule has 0 aliphatic carbocycles. The van der Waals surface area contributed by atoms with Gasteiger partial charge in [-0.1, -0.05) is 12.1 Å². The topological polar surface area (TPSA) is 58.6 Å². The van der Waals surface area contributed by atoms with Gasteiger partial charge < -0.3 is 15.2 Å². The van der Waals surface area contributed by atoms with Gasteiger partial charge in [-0.3, -0.25) is 0 Å². The summed E-state index contributed by atoms with van der Waals surface area (Å²) in [5.41, 5.74) is -0.122. The van der Waals surface area contributed by atoms with Gasteiger partial charge in [0.2, 0.25) is 0 Å². The van der Waals surface area contributed by atoms with E-state index < -0.39 is 30.5 Å². The fourth-order valence-corrected chi connectivity index (χ4v) is 1.91. The number of aliphatic hydroxyl groups excluding tert-OH is 1. The molecule has 0 saturated heterocycles. The summed E-state index contributed by atoms with van der Waals surface area (Å²) in [4.78, 5) is 11.6. The van der Waals surface area contributed by atoms with Crippen molar-refractivity contribution in [2.24, 2.45) is 0 Å². The summed E-state index contributed by atoms with van der Waals surface area (Å²) in [6, 6.07) is 5.98. The summed E-state index contributed by atoms with van der Waals surface area (Å²) in [6.45, 7) is 4.26. The standard InChI is InChI=1S/C14H19FINO3/c1-14(2,3)20-13(19)17-11(8-15)12(18)9-4-6-10(16)7-5-9/h4-7,11-12,18H,8H2,1-3H3,(H,17,19)/t11-,12-/m1/s1. The van der Waals surface area contributed by atoms with Crippen LogP contribution in [0.2, 0.25) is 0 Å². The molecule has 0 aromatic heterocycles. The van der Waals surface area contributed by atoms with E-state index in [2.05, 4.69) is 27.9 Å². The highest BCUT2D eigenvalue weighted by Crippen LogP contribution is 2.19. The minimum Gasteiger partial charge on any atom is -0.444 e. The first-order chi connectivity index (χ1) is 9.23. The van der Waals surface area contributed by atoms with Crippen LogP contribution in [0.1, 0.15) is 32.4 Å². The molecule has 20 heavy (non-hydrogen) atoms. The lowest BCUT2D eigenvalue weighted by Gasteiger charge is -2.25. The van der Waals surface area contributed by atoms with Crippen molar-refractivity contribution in [3.8, 4) is 0 Å². The first-order valence-electron chi connectivity index (χ1n) is 6.22. The molecule has 0 fully saturated rings. The van der Waals surface area contributed by atoms with Gasteiger partial charge in [0, 0.05) is 3.57 Å². The predicted octanol–water partition coefficient (Wildman–Crippen LogP) is 3.19. The van der Waals surface area contributed by atoms with Crippen molar-refractivity contribution in [3.05, 3.63) is 33.4 Å². The zero-order valence-corrected chi connectivity index (χ0v) is 13.8. The van der Waals surface area contributed by atoms with E-state index in [-0.39, 0.29) is 0 Å². The van der Waals surface area contributed by atoms with Gasteiger partial charge in [-0.2, -0.15) is 0 Å². The van der Waals surface area contributed by atoms with Crippen molar-refractivity contribution in [2.75, 3.05) is 6.67 Å². The SMILES string of the molecule is CC(C)(C)OC(=O)N[C@H](CF)[C@H](O)c1ccc(I)cc1. The first kappa shape index (κ1) is 17.2. The van der Waals surface area contributed by atoms with Crippen molar-refractivity contribution in [1.29, 1.82) is 0 Å². The van der Waals surface area contributed by atoms with Crippen molar-refractivity contribution < 1.29 is 19.0 Å². The Bertz CT molecular complexity index is 445. The molecule has 0 saturated carbocycles. The van der Waals surface area contributed by atoms with Crippen LogP contribution in [0.15, 0.2) is 24.3 Å². The first-order valence-corrected chi connectivity index (χ1v) is 7.30. The van der Waals surface area contributed by atoms with Gasteiger partial charge in [-0.25, -0.2) is 9.18 Å². The van der Waals surface area contributed by atoms with E-state index in [1.54, 1.807) is 32.9 Å². The highest BCUT2D eigenvalue weighted by atomic mass is 127. The molecule has 2 N–H and O–H groups in total. The number of aliphatic hydroxyl groups is 1. The Morgan fingerprint density at radius 3 is 2.40 bits per heavy atom. The Hall–Kier alpha value is -0.890. The van der Waals surface area contributed by atoms with E-state index >= 15 is 0 Å². The minimum absolute atomic E-state index is 0.545. The normalized spacial score (nSPS) is 14.5. The van der Waals surface area contributed by atoms with Crippen LogP contribution in [0.5, 0.6) is 0 Å². The number of ether oxygens (including phenoxy) is 1. The average Bonchev–Trinajstić information content (AvgIpc) is 2.34. The van der Waals surface area contributed by atoms with E-state index in [4.69, 9.17) is 4.74 Å². The van der Waals surface area contributed by atoms with Gasteiger partial charge in [0.1, 0.15) is 18.4 Å². The van der Waals surface area contributed by atoms with Gasteiger partial charge in [0.15, 0.2) is 0 Å². The second-order valence-corrected chi connectivity index (χ2v) is 6.65. The average molecular weight is 395 g/mol. The third-order valence-corrected chi connectivity index (χ3v) is 3.18. The Labute approximate surface area is 131 Å². The van der Waals surface area contributed by atoms with Crippen LogP contribution in [-0.2, 0) is 4.74 Å². The molecule has 0 aliphatic rings. The maximum Gasteiger partial charge on any atom is 0.408 e. The number of hydrogen-bond acceptors (Lipinski definition) is 3. The second-order valence-electron chi connectivity index (χ2n) is 5.40. The summed E-state index contributed by atoms with van der Waals surface area (Å²) in [6.07, 6.45) is -1.87.